The van der Waals surface area contributed by atoms with Crippen molar-refractivity contribution in [2.24, 2.45) is 5.92 Å². The van der Waals surface area contributed by atoms with Gasteiger partial charge in [0.1, 0.15) is 0 Å². The average Bonchev–Trinajstić information content (AvgIpc) is 3.65. The Morgan fingerprint density at radius 2 is 1.78 bits per heavy atom. The SMILES string of the molecule is CCCCCC(C)n1ncc2cc(C(=O)N(c3ccccc3)C(c3ccccc3C)C3CC3)ccc21. The number of fused-ring (bicyclic) bond motifs is 1. The quantitative estimate of drug-likeness (QED) is 0.215. The van der Waals surface area contributed by atoms with Crippen LogP contribution in [0.5, 0.6) is 0 Å². The van der Waals surface area contributed by atoms with E-state index < -0.39 is 0 Å². The Kier molecular flexibility index (Phi) is 7.22. The van der Waals surface area contributed by atoms with E-state index >= 15 is 0 Å². The first-order valence-electron chi connectivity index (χ1n) is 13.5. The van der Waals surface area contributed by atoms with Gasteiger partial charge in [-0.05, 0) is 80.5 Å². The second kappa shape index (κ2) is 10.7. The molecule has 4 heteroatoms. The maximum Gasteiger partial charge on any atom is 0.258 e. The highest BCUT2D eigenvalue weighted by Gasteiger charge is 2.40. The predicted molar refractivity (Wildman–Crippen MR) is 148 cm³/mol. The molecular formula is C32H37N3O. The fourth-order valence-corrected chi connectivity index (χ4v) is 5.42. The second-order valence-corrected chi connectivity index (χ2v) is 10.4. The zero-order valence-corrected chi connectivity index (χ0v) is 21.7. The van der Waals surface area contributed by atoms with Crippen molar-refractivity contribution in [1.82, 2.24) is 9.78 Å². The largest absolute Gasteiger partial charge is 0.301 e. The van der Waals surface area contributed by atoms with Gasteiger partial charge >= 0.3 is 0 Å². The third-order valence-electron chi connectivity index (χ3n) is 7.59. The lowest BCUT2D eigenvalue weighted by Gasteiger charge is -2.33. The van der Waals surface area contributed by atoms with Gasteiger partial charge in [-0.3, -0.25) is 9.48 Å². The first kappa shape index (κ1) is 24.3. The smallest absolute Gasteiger partial charge is 0.258 e. The van der Waals surface area contributed by atoms with E-state index in [1.165, 1.54) is 30.4 Å². The van der Waals surface area contributed by atoms with Crippen LogP contribution in [0.3, 0.4) is 0 Å². The lowest BCUT2D eigenvalue weighted by molar-refractivity contribution is 0.0973. The predicted octanol–water partition coefficient (Wildman–Crippen LogP) is 8.28. The Morgan fingerprint density at radius 3 is 2.50 bits per heavy atom. The van der Waals surface area contributed by atoms with Crippen LogP contribution in [0.1, 0.15) is 85.9 Å². The van der Waals surface area contributed by atoms with Crippen LogP contribution < -0.4 is 4.90 Å². The van der Waals surface area contributed by atoms with Gasteiger partial charge in [-0.2, -0.15) is 5.10 Å². The third-order valence-corrected chi connectivity index (χ3v) is 7.59. The fraction of sp³-hybridized carbons (Fsp3) is 0.375. The molecule has 4 aromatic rings. The monoisotopic (exact) mass is 479 g/mol. The van der Waals surface area contributed by atoms with Crippen molar-refractivity contribution >= 4 is 22.5 Å². The molecule has 0 radical (unpaired) electrons. The topological polar surface area (TPSA) is 38.1 Å². The molecule has 0 N–H and O–H groups in total. The van der Waals surface area contributed by atoms with Crippen LogP contribution in [0.15, 0.2) is 79.0 Å². The van der Waals surface area contributed by atoms with Gasteiger partial charge in [0.2, 0.25) is 0 Å². The third kappa shape index (κ3) is 4.95. The first-order valence-corrected chi connectivity index (χ1v) is 13.5. The molecule has 1 heterocycles. The van der Waals surface area contributed by atoms with Gasteiger partial charge in [-0.1, -0.05) is 68.7 Å². The summed E-state index contributed by atoms with van der Waals surface area (Å²) in [5.74, 6) is 0.526. The van der Waals surface area contributed by atoms with E-state index in [-0.39, 0.29) is 11.9 Å². The number of carbonyl (C=O) groups is 1. The van der Waals surface area contributed by atoms with Crippen LogP contribution in [0, 0.1) is 12.8 Å². The minimum absolute atomic E-state index is 0.0260. The second-order valence-electron chi connectivity index (χ2n) is 10.4. The number of nitrogens with zero attached hydrogens (tertiary/aromatic N) is 3. The van der Waals surface area contributed by atoms with Crippen molar-refractivity contribution in [3.63, 3.8) is 0 Å². The molecule has 1 aromatic heterocycles. The van der Waals surface area contributed by atoms with E-state index in [4.69, 9.17) is 5.10 Å². The molecule has 2 atom stereocenters. The number of amides is 1. The highest BCUT2D eigenvalue weighted by molar-refractivity contribution is 6.08. The molecule has 5 rings (SSSR count). The number of para-hydroxylation sites is 1. The Labute approximate surface area is 214 Å². The Bertz CT molecular complexity index is 1320. The minimum Gasteiger partial charge on any atom is -0.301 e. The molecule has 1 saturated carbocycles. The molecule has 1 aliphatic rings. The molecule has 1 fully saturated rings. The fourth-order valence-electron chi connectivity index (χ4n) is 5.42. The molecular weight excluding hydrogens is 442 g/mol. The summed E-state index contributed by atoms with van der Waals surface area (Å²) in [4.78, 5) is 16.3. The number of hydrogen-bond acceptors (Lipinski definition) is 2. The van der Waals surface area contributed by atoms with Gasteiger partial charge < -0.3 is 4.90 Å². The highest BCUT2D eigenvalue weighted by atomic mass is 16.2. The lowest BCUT2D eigenvalue weighted by atomic mass is 9.94. The molecule has 0 bridgehead atoms. The molecule has 0 spiro atoms. The molecule has 4 nitrogen and oxygen atoms in total. The van der Waals surface area contributed by atoms with Crippen molar-refractivity contribution in [2.45, 2.75) is 71.4 Å². The van der Waals surface area contributed by atoms with Gasteiger partial charge in [0, 0.05) is 22.7 Å². The number of aryl methyl sites for hydroxylation is 1. The van der Waals surface area contributed by atoms with Crippen LogP contribution in [0.25, 0.3) is 10.9 Å². The zero-order chi connectivity index (χ0) is 25.1. The number of carbonyl (C=O) groups excluding carboxylic acids is 1. The van der Waals surface area contributed by atoms with E-state index in [2.05, 4.69) is 67.9 Å². The summed E-state index contributed by atoms with van der Waals surface area (Å²) in [6.07, 6.45) is 9.01. The molecule has 186 valence electrons. The summed E-state index contributed by atoms with van der Waals surface area (Å²) >= 11 is 0. The summed E-state index contributed by atoms with van der Waals surface area (Å²) in [6.45, 7) is 6.62. The van der Waals surface area contributed by atoms with Gasteiger partial charge in [0.25, 0.3) is 5.91 Å². The number of unbranched alkanes of at least 4 members (excludes halogenated alkanes) is 2. The zero-order valence-electron chi connectivity index (χ0n) is 21.7. The molecule has 2 unspecified atom stereocenters. The molecule has 1 amide bonds. The highest BCUT2D eigenvalue weighted by Crippen LogP contribution is 2.47. The van der Waals surface area contributed by atoms with Crippen LogP contribution in [-0.4, -0.2) is 15.7 Å². The van der Waals surface area contributed by atoms with Crippen molar-refractivity contribution < 1.29 is 4.79 Å². The van der Waals surface area contributed by atoms with Crippen LogP contribution >= 0.6 is 0 Å². The Balaban J connectivity index is 1.51. The van der Waals surface area contributed by atoms with Gasteiger partial charge in [0.15, 0.2) is 0 Å². The standard InChI is InChI=1S/C32H37N3O/c1-4-5-7-13-24(3)35-30-20-19-26(21-27(30)22-33-35)32(36)34(28-14-8-6-9-15-28)31(25-17-18-25)29-16-11-10-12-23(29)2/h6,8-12,14-16,19-22,24-25,31H,4-5,7,13,17-18H2,1-3H3. The Hall–Kier alpha value is -3.40. The van der Waals surface area contributed by atoms with E-state index in [9.17, 15) is 4.79 Å². The number of hydrogen-bond donors (Lipinski definition) is 0. The Morgan fingerprint density at radius 1 is 1.03 bits per heavy atom. The van der Waals surface area contributed by atoms with Crippen molar-refractivity contribution in [3.8, 4) is 0 Å². The van der Waals surface area contributed by atoms with Gasteiger partial charge in [-0.15, -0.1) is 0 Å². The van der Waals surface area contributed by atoms with Crippen LogP contribution in [-0.2, 0) is 0 Å². The van der Waals surface area contributed by atoms with E-state index in [0.717, 1.165) is 35.9 Å². The van der Waals surface area contributed by atoms with Gasteiger partial charge in [0.05, 0.1) is 17.8 Å². The molecule has 36 heavy (non-hydrogen) atoms. The maximum atomic E-state index is 14.3. The summed E-state index contributed by atoms with van der Waals surface area (Å²) in [5, 5.41) is 5.72. The van der Waals surface area contributed by atoms with Crippen LogP contribution in [0.2, 0.25) is 0 Å². The van der Waals surface area contributed by atoms with Gasteiger partial charge in [-0.25, -0.2) is 0 Å². The first-order chi connectivity index (χ1) is 17.6. The summed E-state index contributed by atoms with van der Waals surface area (Å²) < 4.78 is 2.12. The minimum atomic E-state index is 0.0260. The number of anilines is 1. The van der Waals surface area contributed by atoms with Crippen molar-refractivity contribution in [2.75, 3.05) is 4.90 Å². The molecule has 3 aromatic carbocycles. The lowest BCUT2D eigenvalue weighted by Crippen LogP contribution is -2.36. The van der Waals surface area contributed by atoms with E-state index in [1.54, 1.807) is 0 Å². The van der Waals surface area contributed by atoms with E-state index in [1.807, 2.05) is 41.4 Å². The molecule has 1 aliphatic carbocycles. The van der Waals surface area contributed by atoms with E-state index in [0.29, 0.717) is 17.5 Å². The van der Waals surface area contributed by atoms with Crippen LogP contribution in [0.4, 0.5) is 5.69 Å². The molecule has 0 saturated heterocycles. The molecule has 0 aliphatic heterocycles. The summed E-state index contributed by atoms with van der Waals surface area (Å²) in [5.41, 5.74) is 5.23. The average molecular weight is 480 g/mol. The summed E-state index contributed by atoms with van der Waals surface area (Å²) in [7, 11) is 0. The number of aromatic nitrogens is 2. The van der Waals surface area contributed by atoms with Crippen molar-refractivity contribution in [3.05, 3.63) is 95.7 Å². The normalized spacial score (nSPS) is 15.1. The summed E-state index contributed by atoms with van der Waals surface area (Å²) in [6, 6.07) is 25.1. The maximum absolute atomic E-state index is 14.3. The number of benzene rings is 3. The number of rotatable bonds is 10. The van der Waals surface area contributed by atoms with Crippen molar-refractivity contribution in [1.29, 1.82) is 0 Å².